The Morgan fingerprint density at radius 3 is 2.90 bits per heavy atom. The highest BCUT2D eigenvalue weighted by Crippen LogP contribution is 2.26. The van der Waals surface area contributed by atoms with Crippen molar-refractivity contribution in [2.45, 2.75) is 13.8 Å². The summed E-state index contributed by atoms with van der Waals surface area (Å²) in [5.41, 5.74) is 1.11. The molecule has 0 N–H and O–H groups in total. The smallest absolute Gasteiger partial charge is 0.357 e. The number of carbonyl (C=O) groups is 1. The van der Waals surface area contributed by atoms with E-state index in [9.17, 15) is 4.79 Å². The van der Waals surface area contributed by atoms with Crippen LogP contribution in [0, 0.1) is 6.92 Å². The molecule has 0 aromatic carbocycles. The van der Waals surface area contributed by atoms with Crippen molar-refractivity contribution in [1.82, 2.24) is 15.2 Å². The molecular formula is C12H13ClN4O2S. The predicted octanol–water partition coefficient (Wildman–Crippen LogP) is 2.84. The largest absolute Gasteiger partial charge is 0.461 e. The van der Waals surface area contributed by atoms with Crippen LogP contribution in [0.5, 0.6) is 0 Å². The van der Waals surface area contributed by atoms with E-state index in [4.69, 9.17) is 16.3 Å². The summed E-state index contributed by atoms with van der Waals surface area (Å²) < 4.78 is 4.90. The minimum absolute atomic E-state index is 0.289. The van der Waals surface area contributed by atoms with Crippen LogP contribution in [0.15, 0.2) is 11.4 Å². The third-order valence-electron chi connectivity index (χ3n) is 2.52. The molecule has 0 spiro atoms. The highest BCUT2D eigenvalue weighted by Gasteiger charge is 2.16. The van der Waals surface area contributed by atoms with Gasteiger partial charge in [-0.1, -0.05) is 11.6 Å². The second kappa shape index (κ2) is 6.15. The van der Waals surface area contributed by atoms with Gasteiger partial charge in [-0.3, -0.25) is 0 Å². The molecule has 20 heavy (non-hydrogen) atoms. The second-order valence-electron chi connectivity index (χ2n) is 3.97. The van der Waals surface area contributed by atoms with Crippen LogP contribution in [-0.2, 0) is 4.74 Å². The Balaban J connectivity index is 2.22. The zero-order chi connectivity index (χ0) is 14.7. The molecule has 6 nitrogen and oxygen atoms in total. The van der Waals surface area contributed by atoms with Crippen LogP contribution in [-0.4, -0.2) is 34.8 Å². The summed E-state index contributed by atoms with van der Waals surface area (Å²) in [5, 5.41) is 10.5. The lowest BCUT2D eigenvalue weighted by Gasteiger charge is -2.14. The van der Waals surface area contributed by atoms with Crippen LogP contribution < -0.4 is 4.90 Å². The molecule has 2 heterocycles. The lowest BCUT2D eigenvalue weighted by Crippen LogP contribution is -2.13. The van der Waals surface area contributed by atoms with Crippen LogP contribution in [0.4, 0.5) is 10.9 Å². The van der Waals surface area contributed by atoms with Gasteiger partial charge >= 0.3 is 5.97 Å². The molecule has 106 valence electrons. The summed E-state index contributed by atoms with van der Waals surface area (Å²) in [4.78, 5) is 17.5. The number of halogens is 1. The number of aryl methyl sites for hydroxylation is 1. The number of rotatable bonds is 4. The second-order valence-corrected chi connectivity index (χ2v) is 5.17. The molecule has 0 saturated carbocycles. The summed E-state index contributed by atoms with van der Waals surface area (Å²) in [6.45, 7) is 3.92. The van der Waals surface area contributed by atoms with Gasteiger partial charge in [0.15, 0.2) is 21.8 Å². The minimum Gasteiger partial charge on any atom is -0.461 e. The van der Waals surface area contributed by atoms with E-state index in [0.717, 1.165) is 5.56 Å². The first kappa shape index (κ1) is 14.7. The Bertz CT molecular complexity index is 632. The number of carbonyl (C=O) groups excluding carboxylic acids is 1. The number of thiazole rings is 1. The van der Waals surface area contributed by atoms with Gasteiger partial charge in [0.2, 0.25) is 0 Å². The number of anilines is 2. The minimum atomic E-state index is -0.429. The number of esters is 1. The van der Waals surface area contributed by atoms with E-state index in [1.54, 1.807) is 30.3 Å². The van der Waals surface area contributed by atoms with E-state index in [0.29, 0.717) is 22.7 Å². The molecule has 0 amide bonds. The fraction of sp³-hybridized carbons (Fsp3) is 0.333. The molecule has 8 heteroatoms. The normalized spacial score (nSPS) is 10.4. The zero-order valence-corrected chi connectivity index (χ0v) is 12.8. The van der Waals surface area contributed by atoms with Gasteiger partial charge in [0, 0.05) is 12.4 Å². The van der Waals surface area contributed by atoms with Crippen LogP contribution in [0.2, 0.25) is 5.15 Å². The summed E-state index contributed by atoms with van der Waals surface area (Å²) in [5.74, 6) is 0.179. The van der Waals surface area contributed by atoms with Crippen molar-refractivity contribution >= 4 is 39.9 Å². The van der Waals surface area contributed by atoms with Crippen molar-refractivity contribution in [3.8, 4) is 0 Å². The van der Waals surface area contributed by atoms with Crippen molar-refractivity contribution in [3.63, 3.8) is 0 Å². The third-order valence-corrected chi connectivity index (χ3v) is 3.81. The average molecular weight is 313 g/mol. The van der Waals surface area contributed by atoms with E-state index >= 15 is 0 Å². The molecule has 2 rings (SSSR count). The van der Waals surface area contributed by atoms with Gasteiger partial charge in [0.25, 0.3) is 0 Å². The SMILES string of the molecule is CCOC(=O)c1csc(N(C)c2cc(C)c(Cl)nn2)n1. The molecule has 2 aromatic rings. The number of hydrogen-bond acceptors (Lipinski definition) is 7. The van der Waals surface area contributed by atoms with E-state index < -0.39 is 5.97 Å². The fourth-order valence-electron chi connectivity index (χ4n) is 1.44. The molecule has 0 aliphatic carbocycles. The standard InChI is InChI=1S/C12H13ClN4O2S/c1-4-19-11(18)8-6-20-12(14-8)17(3)9-5-7(2)10(13)16-15-9/h5-6H,4H2,1-3H3. The quantitative estimate of drug-likeness (QED) is 0.809. The van der Waals surface area contributed by atoms with Gasteiger partial charge in [0.1, 0.15) is 0 Å². The Morgan fingerprint density at radius 1 is 1.50 bits per heavy atom. The highest BCUT2D eigenvalue weighted by atomic mass is 35.5. The Kier molecular flexibility index (Phi) is 4.51. The zero-order valence-electron chi connectivity index (χ0n) is 11.3. The summed E-state index contributed by atoms with van der Waals surface area (Å²) in [6, 6.07) is 1.81. The maximum absolute atomic E-state index is 11.6. The lowest BCUT2D eigenvalue weighted by molar-refractivity contribution is 0.0520. The first-order valence-corrected chi connectivity index (χ1v) is 7.15. The van der Waals surface area contributed by atoms with Crippen LogP contribution in [0.1, 0.15) is 23.0 Å². The number of nitrogens with zero attached hydrogens (tertiary/aromatic N) is 4. The molecule has 0 radical (unpaired) electrons. The molecule has 0 aliphatic heterocycles. The van der Waals surface area contributed by atoms with Crippen molar-refractivity contribution < 1.29 is 9.53 Å². The van der Waals surface area contributed by atoms with Gasteiger partial charge in [-0.15, -0.1) is 21.5 Å². The maximum atomic E-state index is 11.6. The number of aromatic nitrogens is 3. The molecule has 2 aromatic heterocycles. The van der Waals surface area contributed by atoms with E-state index in [2.05, 4.69) is 15.2 Å². The molecule has 0 fully saturated rings. The van der Waals surface area contributed by atoms with Crippen LogP contribution in [0.3, 0.4) is 0 Å². The van der Waals surface area contributed by atoms with E-state index in [-0.39, 0.29) is 5.69 Å². The van der Waals surface area contributed by atoms with E-state index in [1.165, 1.54) is 11.3 Å². The predicted molar refractivity (Wildman–Crippen MR) is 77.9 cm³/mol. The van der Waals surface area contributed by atoms with Gasteiger partial charge < -0.3 is 9.64 Å². The molecule has 0 unspecified atom stereocenters. The number of hydrogen-bond donors (Lipinski definition) is 0. The Labute approximate surface area is 125 Å². The molecule has 0 saturated heterocycles. The topological polar surface area (TPSA) is 68.2 Å². The number of ether oxygens (including phenoxy) is 1. The average Bonchev–Trinajstić information content (AvgIpc) is 2.91. The molecule has 0 atom stereocenters. The fourth-order valence-corrected chi connectivity index (χ4v) is 2.30. The first-order chi connectivity index (χ1) is 9.52. The summed E-state index contributed by atoms with van der Waals surface area (Å²) in [6.07, 6.45) is 0. The molecule has 0 bridgehead atoms. The van der Waals surface area contributed by atoms with Crippen LogP contribution in [0.25, 0.3) is 0 Å². The van der Waals surface area contributed by atoms with E-state index in [1.807, 2.05) is 6.92 Å². The maximum Gasteiger partial charge on any atom is 0.357 e. The Morgan fingerprint density at radius 2 is 2.25 bits per heavy atom. The van der Waals surface area contributed by atoms with Gasteiger partial charge in [-0.2, -0.15) is 0 Å². The molecule has 0 aliphatic rings. The van der Waals surface area contributed by atoms with Crippen molar-refractivity contribution in [2.24, 2.45) is 0 Å². The van der Waals surface area contributed by atoms with Gasteiger partial charge in [-0.05, 0) is 25.5 Å². The van der Waals surface area contributed by atoms with Gasteiger partial charge in [-0.25, -0.2) is 9.78 Å². The van der Waals surface area contributed by atoms with Crippen LogP contribution >= 0.6 is 22.9 Å². The molecular weight excluding hydrogens is 300 g/mol. The summed E-state index contributed by atoms with van der Waals surface area (Å²) in [7, 11) is 1.80. The Hall–Kier alpha value is -1.73. The van der Waals surface area contributed by atoms with Crippen molar-refractivity contribution in [1.29, 1.82) is 0 Å². The third kappa shape index (κ3) is 3.05. The summed E-state index contributed by atoms with van der Waals surface area (Å²) >= 11 is 7.18. The lowest BCUT2D eigenvalue weighted by atomic mass is 10.3. The first-order valence-electron chi connectivity index (χ1n) is 5.89. The van der Waals surface area contributed by atoms with Gasteiger partial charge in [0.05, 0.1) is 6.61 Å². The van der Waals surface area contributed by atoms with Crippen molar-refractivity contribution in [3.05, 3.63) is 27.9 Å². The highest BCUT2D eigenvalue weighted by molar-refractivity contribution is 7.14. The monoisotopic (exact) mass is 312 g/mol. The van der Waals surface area contributed by atoms with Crippen molar-refractivity contribution in [2.75, 3.05) is 18.6 Å².